The van der Waals surface area contributed by atoms with E-state index in [0.717, 1.165) is 11.3 Å². The van der Waals surface area contributed by atoms with Crippen molar-refractivity contribution in [2.75, 3.05) is 10.6 Å². The van der Waals surface area contributed by atoms with E-state index in [1.54, 1.807) is 24.4 Å². The fraction of sp³-hybridized carbons (Fsp3) is 0.0526. The zero-order valence-electron chi connectivity index (χ0n) is 12.9. The Kier molecular flexibility index (Phi) is 4.81. The lowest BCUT2D eigenvalue weighted by molar-refractivity contribution is 0.102. The predicted molar refractivity (Wildman–Crippen MR) is 92.4 cm³/mol. The summed E-state index contributed by atoms with van der Waals surface area (Å²) in [6.07, 6.45) is 3.13. The van der Waals surface area contributed by atoms with Crippen LogP contribution in [0.3, 0.4) is 0 Å². The minimum Gasteiger partial charge on any atom is -0.380 e. The second-order valence-corrected chi connectivity index (χ2v) is 5.27. The highest BCUT2D eigenvalue weighted by molar-refractivity contribution is 6.04. The zero-order valence-corrected chi connectivity index (χ0v) is 12.9. The van der Waals surface area contributed by atoms with Gasteiger partial charge in [-0.3, -0.25) is 9.78 Å². The normalized spacial score (nSPS) is 10.2. The number of hydrogen-bond acceptors (Lipinski definition) is 3. The molecule has 0 aliphatic rings. The number of pyridine rings is 1. The fourth-order valence-electron chi connectivity index (χ4n) is 2.23. The summed E-state index contributed by atoms with van der Waals surface area (Å²) in [6.45, 7) is 0.636. The van der Waals surface area contributed by atoms with Gasteiger partial charge in [-0.2, -0.15) is 0 Å². The lowest BCUT2D eigenvalue weighted by Crippen LogP contribution is -2.13. The molecule has 0 radical (unpaired) electrons. The first-order valence-electron chi connectivity index (χ1n) is 7.50. The number of hydrogen-bond donors (Lipinski definition) is 2. The van der Waals surface area contributed by atoms with Crippen LogP contribution in [0.4, 0.5) is 15.8 Å². The number of carbonyl (C=O) groups excluding carboxylic acids is 1. The maximum Gasteiger partial charge on any atom is 0.257 e. The summed E-state index contributed by atoms with van der Waals surface area (Å²) >= 11 is 0. The molecule has 0 atom stereocenters. The number of halogens is 1. The summed E-state index contributed by atoms with van der Waals surface area (Å²) in [4.78, 5) is 16.3. The van der Waals surface area contributed by atoms with Gasteiger partial charge in [0, 0.05) is 24.6 Å². The van der Waals surface area contributed by atoms with Gasteiger partial charge in [-0.15, -0.1) is 0 Å². The molecule has 24 heavy (non-hydrogen) atoms. The average molecular weight is 321 g/mol. The second-order valence-electron chi connectivity index (χ2n) is 5.27. The molecule has 4 nitrogen and oxygen atoms in total. The number of benzene rings is 2. The van der Waals surface area contributed by atoms with Crippen LogP contribution in [0.5, 0.6) is 0 Å². The Morgan fingerprint density at radius 3 is 2.58 bits per heavy atom. The van der Waals surface area contributed by atoms with E-state index in [-0.39, 0.29) is 5.91 Å². The molecule has 3 aromatic rings. The summed E-state index contributed by atoms with van der Waals surface area (Å²) < 4.78 is 13.2. The van der Waals surface area contributed by atoms with Crippen LogP contribution in [0.1, 0.15) is 15.9 Å². The number of anilines is 2. The van der Waals surface area contributed by atoms with E-state index >= 15 is 0 Å². The first kappa shape index (κ1) is 15.7. The largest absolute Gasteiger partial charge is 0.380 e. The Bertz CT molecular complexity index is 837. The molecule has 1 aromatic heterocycles. The Morgan fingerprint density at radius 2 is 1.79 bits per heavy atom. The molecule has 5 heteroatoms. The maximum absolute atomic E-state index is 13.2. The predicted octanol–water partition coefficient (Wildman–Crippen LogP) is 4.09. The van der Waals surface area contributed by atoms with Gasteiger partial charge >= 0.3 is 0 Å². The average Bonchev–Trinajstić information content (AvgIpc) is 2.61. The number of carbonyl (C=O) groups is 1. The van der Waals surface area contributed by atoms with Crippen molar-refractivity contribution in [3.05, 3.63) is 90.0 Å². The minimum absolute atomic E-state index is 0.337. The van der Waals surface area contributed by atoms with Gasteiger partial charge in [0.1, 0.15) is 5.82 Å². The lowest BCUT2D eigenvalue weighted by Gasteiger charge is -2.09. The molecular formula is C19H16FN3O. The highest BCUT2D eigenvalue weighted by Crippen LogP contribution is 2.14. The maximum atomic E-state index is 13.2. The Balaban J connectivity index is 1.67. The molecule has 120 valence electrons. The van der Waals surface area contributed by atoms with Gasteiger partial charge in [0.2, 0.25) is 0 Å². The smallest absolute Gasteiger partial charge is 0.257 e. The topological polar surface area (TPSA) is 54.0 Å². The van der Waals surface area contributed by atoms with E-state index in [9.17, 15) is 9.18 Å². The molecule has 0 saturated carbocycles. The van der Waals surface area contributed by atoms with Crippen LogP contribution in [0.25, 0.3) is 0 Å². The van der Waals surface area contributed by atoms with Crippen molar-refractivity contribution < 1.29 is 9.18 Å². The molecule has 1 amide bonds. The van der Waals surface area contributed by atoms with Crippen LogP contribution >= 0.6 is 0 Å². The van der Waals surface area contributed by atoms with Crippen molar-refractivity contribution in [1.82, 2.24) is 4.98 Å². The van der Waals surface area contributed by atoms with Gasteiger partial charge in [-0.1, -0.05) is 36.4 Å². The third kappa shape index (κ3) is 4.16. The SMILES string of the molecule is O=C(Nc1cccc(F)c1)c1cncc(NCc2ccccc2)c1. The highest BCUT2D eigenvalue weighted by atomic mass is 19.1. The molecule has 2 aromatic carbocycles. The summed E-state index contributed by atoms with van der Waals surface area (Å²) in [5, 5.41) is 5.88. The van der Waals surface area contributed by atoms with E-state index in [1.165, 1.54) is 18.3 Å². The van der Waals surface area contributed by atoms with Gasteiger partial charge in [-0.25, -0.2) is 4.39 Å². The molecule has 0 aliphatic carbocycles. The first-order chi connectivity index (χ1) is 11.7. The third-order valence-corrected chi connectivity index (χ3v) is 3.42. The van der Waals surface area contributed by atoms with Crippen molar-refractivity contribution in [3.8, 4) is 0 Å². The van der Waals surface area contributed by atoms with Crippen LogP contribution in [-0.4, -0.2) is 10.9 Å². The molecule has 1 heterocycles. The van der Waals surface area contributed by atoms with E-state index in [2.05, 4.69) is 15.6 Å². The van der Waals surface area contributed by atoms with Crippen molar-refractivity contribution in [2.24, 2.45) is 0 Å². The summed E-state index contributed by atoms with van der Waals surface area (Å²) in [5.41, 5.74) is 2.68. The fourth-order valence-corrected chi connectivity index (χ4v) is 2.23. The minimum atomic E-state index is -0.399. The molecule has 0 fully saturated rings. The van der Waals surface area contributed by atoms with Gasteiger partial charge in [-0.05, 0) is 29.8 Å². The molecule has 0 saturated heterocycles. The molecular weight excluding hydrogens is 305 g/mol. The Morgan fingerprint density at radius 1 is 0.958 bits per heavy atom. The molecule has 0 spiro atoms. The molecule has 0 aliphatic heterocycles. The van der Waals surface area contributed by atoms with Crippen molar-refractivity contribution >= 4 is 17.3 Å². The molecule has 3 rings (SSSR count). The number of aromatic nitrogens is 1. The first-order valence-corrected chi connectivity index (χ1v) is 7.50. The quantitative estimate of drug-likeness (QED) is 0.744. The van der Waals surface area contributed by atoms with Crippen LogP contribution < -0.4 is 10.6 Å². The van der Waals surface area contributed by atoms with E-state index in [1.807, 2.05) is 30.3 Å². The summed E-state index contributed by atoms with van der Waals surface area (Å²) in [6, 6.07) is 17.4. The highest BCUT2D eigenvalue weighted by Gasteiger charge is 2.08. The number of rotatable bonds is 5. The van der Waals surface area contributed by atoms with Crippen molar-refractivity contribution in [2.45, 2.75) is 6.54 Å². The standard InChI is InChI=1S/C19H16FN3O/c20-16-7-4-8-17(10-16)23-19(24)15-9-18(13-21-12-15)22-11-14-5-2-1-3-6-14/h1-10,12-13,22H,11H2,(H,23,24). The van der Waals surface area contributed by atoms with Crippen molar-refractivity contribution in [3.63, 3.8) is 0 Å². The molecule has 2 N–H and O–H groups in total. The van der Waals surface area contributed by atoms with Gasteiger partial charge < -0.3 is 10.6 Å². The monoisotopic (exact) mass is 321 g/mol. The number of amides is 1. The van der Waals surface area contributed by atoms with E-state index in [4.69, 9.17) is 0 Å². The molecule has 0 unspecified atom stereocenters. The van der Waals surface area contributed by atoms with E-state index < -0.39 is 5.82 Å². The van der Waals surface area contributed by atoms with Crippen LogP contribution in [0, 0.1) is 5.82 Å². The van der Waals surface area contributed by atoms with Crippen LogP contribution in [0.15, 0.2) is 73.1 Å². The number of nitrogens with one attached hydrogen (secondary N) is 2. The van der Waals surface area contributed by atoms with Crippen LogP contribution in [-0.2, 0) is 6.54 Å². The number of nitrogens with zero attached hydrogens (tertiary/aromatic N) is 1. The third-order valence-electron chi connectivity index (χ3n) is 3.42. The zero-order chi connectivity index (χ0) is 16.8. The van der Waals surface area contributed by atoms with Gasteiger partial charge in [0.05, 0.1) is 11.3 Å². The van der Waals surface area contributed by atoms with Crippen molar-refractivity contribution in [1.29, 1.82) is 0 Å². The Hall–Kier alpha value is -3.21. The summed E-state index contributed by atoms with van der Waals surface area (Å²) in [7, 11) is 0. The summed E-state index contributed by atoms with van der Waals surface area (Å²) in [5.74, 6) is -0.735. The van der Waals surface area contributed by atoms with Crippen LogP contribution in [0.2, 0.25) is 0 Å². The van der Waals surface area contributed by atoms with E-state index in [0.29, 0.717) is 17.8 Å². The lowest BCUT2D eigenvalue weighted by atomic mass is 10.2. The van der Waals surface area contributed by atoms with Gasteiger partial charge in [0.15, 0.2) is 0 Å². The second kappa shape index (κ2) is 7.37. The van der Waals surface area contributed by atoms with Gasteiger partial charge in [0.25, 0.3) is 5.91 Å². The molecule has 0 bridgehead atoms. The Labute approximate surface area is 139 Å².